The fraction of sp³-hybridized carbons (Fsp3) is 0.222. The molecule has 0 unspecified atom stereocenters. The van der Waals surface area contributed by atoms with Gasteiger partial charge in [0.05, 0.1) is 35.5 Å². The topological polar surface area (TPSA) is 77.0 Å². The minimum Gasteiger partial charge on any atom is -0.359 e. The number of carbonyl (C=O) groups excluding carboxylic acids is 1. The van der Waals surface area contributed by atoms with Crippen molar-refractivity contribution in [1.29, 1.82) is 0 Å². The number of amides is 1. The normalized spacial score (nSPS) is 12.4. The van der Waals surface area contributed by atoms with Crippen LogP contribution in [0.15, 0.2) is 52.9 Å². The van der Waals surface area contributed by atoms with Gasteiger partial charge in [-0.25, -0.2) is 4.98 Å². The maximum Gasteiger partial charge on any atom is 0.276 e. The fourth-order valence-electron chi connectivity index (χ4n) is 2.77. The first kappa shape index (κ1) is 16.5. The molecule has 1 amide bonds. The minimum atomic E-state index is -0.184. The molecule has 0 saturated heterocycles. The van der Waals surface area contributed by atoms with E-state index in [9.17, 15) is 4.79 Å². The molecule has 1 aromatic carbocycles. The van der Waals surface area contributed by atoms with E-state index in [0.29, 0.717) is 18.0 Å². The van der Waals surface area contributed by atoms with E-state index in [1.807, 2.05) is 35.8 Å². The molecule has 0 aliphatic rings. The van der Waals surface area contributed by atoms with Gasteiger partial charge in [0.2, 0.25) is 0 Å². The van der Waals surface area contributed by atoms with Gasteiger partial charge < -0.3 is 14.0 Å². The summed E-state index contributed by atoms with van der Waals surface area (Å²) in [5.41, 5.74) is 3.98. The zero-order valence-electron chi connectivity index (χ0n) is 14.4. The maximum atomic E-state index is 12.7. The minimum absolute atomic E-state index is 0.0762. The van der Waals surface area contributed by atoms with Crippen molar-refractivity contribution in [2.24, 2.45) is 0 Å². The van der Waals surface area contributed by atoms with Gasteiger partial charge in [0.1, 0.15) is 0 Å². The molecule has 3 heterocycles. The Morgan fingerprint density at radius 3 is 3.04 bits per heavy atom. The molecule has 0 bridgehead atoms. The van der Waals surface area contributed by atoms with E-state index in [-0.39, 0.29) is 11.9 Å². The van der Waals surface area contributed by atoms with Crippen LogP contribution in [0.4, 0.5) is 0 Å². The van der Waals surface area contributed by atoms with E-state index < -0.39 is 0 Å². The number of para-hydroxylation sites is 2. The average molecular weight is 367 g/mol. The Morgan fingerprint density at radius 2 is 2.23 bits per heavy atom. The highest BCUT2D eigenvalue weighted by molar-refractivity contribution is 7.09. The third-order valence-corrected chi connectivity index (χ3v) is 5.34. The highest BCUT2D eigenvalue weighted by atomic mass is 32.1. The van der Waals surface area contributed by atoms with Crippen molar-refractivity contribution in [1.82, 2.24) is 24.6 Å². The summed E-state index contributed by atoms with van der Waals surface area (Å²) in [4.78, 5) is 23.8. The lowest BCUT2D eigenvalue weighted by Crippen LogP contribution is -2.29. The van der Waals surface area contributed by atoms with Crippen molar-refractivity contribution in [2.45, 2.75) is 19.5 Å². The van der Waals surface area contributed by atoms with Crippen molar-refractivity contribution in [3.05, 3.63) is 64.7 Å². The zero-order valence-corrected chi connectivity index (χ0v) is 15.2. The van der Waals surface area contributed by atoms with E-state index >= 15 is 0 Å². The number of hydrogen-bond donors (Lipinski definition) is 0. The predicted molar refractivity (Wildman–Crippen MR) is 98.0 cm³/mol. The van der Waals surface area contributed by atoms with E-state index in [0.717, 1.165) is 15.9 Å². The Kier molecular flexibility index (Phi) is 4.26. The molecule has 26 heavy (non-hydrogen) atoms. The van der Waals surface area contributed by atoms with Crippen LogP contribution in [0, 0.1) is 0 Å². The van der Waals surface area contributed by atoms with E-state index in [1.165, 1.54) is 11.3 Å². The lowest BCUT2D eigenvalue weighted by Gasteiger charge is -2.22. The molecule has 4 aromatic rings. The molecule has 0 spiro atoms. The SMILES string of the molecule is C[C@@H](c1cncs1)N(C)C(=O)c1cc(Cn2cnc3ccccc32)on1. The van der Waals surface area contributed by atoms with Crippen LogP contribution in [0.25, 0.3) is 11.0 Å². The van der Waals surface area contributed by atoms with Gasteiger partial charge in [-0.15, -0.1) is 11.3 Å². The number of hydrogen-bond acceptors (Lipinski definition) is 6. The molecule has 0 radical (unpaired) electrons. The summed E-state index contributed by atoms with van der Waals surface area (Å²) in [6.07, 6.45) is 3.53. The molecule has 0 N–H and O–H groups in total. The van der Waals surface area contributed by atoms with Gasteiger partial charge in [0.25, 0.3) is 5.91 Å². The second kappa shape index (κ2) is 6.72. The van der Waals surface area contributed by atoms with Crippen molar-refractivity contribution in [3.8, 4) is 0 Å². The maximum absolute atomic E-state index is 12.7. The van der Waals surface area contributed by atoms with Crippen LogP contribution in [-0.4, -0.2) is 37.5 Å². The highest BCUT2D eigenvalue weighted by Gasteiger charge is 2.23. The largest absolute Gasteiger partial charge is 0.359 e. The van der Waals surface area contributed by atoms with Gasteiger partial charge in [-0.3, -0.25) is 9.78 Å². The molecule has 1 atom stereocenters. The second-order valence-corrected chi connectivity index (χ2v) is 6.95. The van der Waals surface area contributed by atoms with Crippen molar-refractivity contribution < 1.29 is 9.32 Å². The number of thiazole rings is 1. The van der Waals surface area contributed by atoms with Gasteiger partial charge >= 0.3 is 0 Å². The molecule has 4 rings (SSSR count). The van der Waals surface area contributed by atoms with Gasteiger partial charge in [-0.2, -0.15) is 0 Å². The average Bonchev–Trinajstić information content (AvgIpc) is 3.41. The Bertz CT molecular complexity index is 1040. The fourth-order valence-corrected chi connectivity index (χ4v) is 3.49. The summed E-state index contributed by atoms with van der Waals surface area (Å²) in [6, 6.07) is 9.48. The number of aromatic nitrogens is 4. The van der Waals surface area contributed by atoms with Crippen LogP contribution >= 0.6 is 11.3 Å². The molecule has 0 aliphatic carbocycles. The first-order valence-electron chi connectivity index (χ1n) is 8.14. The van der Waals surface area contributed by atoms with Gasteiger partial charge in [0, 0.05) is 24.2 Å². The highest BCUT2D eigenvalue weighted by Crippen LogP contribution is 2.23. The van der Waals surface area contributed by atoms with Crippen molar-refractivity contribution in [2.75, 3.05) is 7.05 Å². The molecule has 132 valence electrons. The molecule has 7 nitrogen and oxygen atoms in total. The summed E-state index contributed by atoms with van der Waals surface area (Å²) in [6.45, 7) is 2.43. The van der Waals surface area contributed by atoms with Crippen molar-refractivity contribution in [3.63, 3.8) is 0 Å². The zero-order chi connectivity index (χ0) is 18.1. The monoisotopic (exact) mass is 367 g/mol. The third-order valence-electron chi connectivity index (χ3n) is 4.40. The van der Waals surface area contributed by atoms with E-state index in [1.54, 1.807) is 36.0 Å². The van der Waals surface area contributed by atoms with Gasteiger partial charge in [-0.1, -0.05) is 17.3 Å². The quantitative estimate of drug-likeness (QED) is 0.540. The predicted octanol–water partition coefficient (Wildman–Crippen LogP) is 3.36. The second-order valence-electron chi connectivity index (χ2n) is 6.04. The van der Waals surface area contributed by atoms with Gasteiger partial charge in [-0.05, 0) is 19.1 Å². The number of rotatable bonds is 5. The lowest BCUT2D eigenvalue weighted by atomic mass is 10.2. The van der Waals surface area contributed by atoms with E-state index in [2.05, 4.69) is 15.1 Å². The molecule has 8 heteroatoms. The third kappa shape index (κ3) is 2.99. The number of imidazole rings is 1. The van der Waals surface area contributed by atoms with Crippen LogP contribution < -0.4 is 0 Å². The van der Waals surface area contributed by atoms with Gasteiger partial charge in [0.15, 0.2) is 11.5 Å². The molecule has 0 saturated carbocycles. The molecule has 3 aromatic heterocycles. The van der Waals surface area contributed by atoms with E-state index in [4.69, 9.17) is 4.52 Å². The first-order valence-corrected chi connectivity index (χ1v) is 9.02. The molecule has 0 aliphatic heterocycles. The molecule has 0 fully saturated rings. The Hall–Kier alpha value is -3.00. The standard InChI is InChI=1S/C18H17N5O2S/c1-12(17-8-19-11-26-17)22(2)18(24)15-7-13(25-21-15)9-23-10-20-14-5-3-4-6-16(14)23/h3-8,10-12H,9H2,1-2H3/t12-/m0/s1. The Balaban J connectivity index is 1.51. The van der Waals surface area contributed by atoms with Crippen LogP contribution in [0.5, 0.6) is 0 Å². The summed E-state index contributed by atoms with van der Waals surface area (Å²) in [5.74, 6) is 0.423. The summed E-state index contributed by atoms with van der Waals surface area (Å²) >= 11 is 1.52. The molecular weight excluding hydrogens is 350 g/mol. The Morgan fingerprint density at radius 1 is 1.38 bits per heavy atom. The smallest absolute Gasteiger partial charge is 0.276 e. The van der Waals surface area contributed by atoms with Crippen LogP contribution in [0.3, 0.4) is 0 Å². The summed E-state index contributed by atoms with van der Waals surface area (Å²) in [5, 5.41) is 3.95. The summed E-state index contributed by atoms with van der Waals surface area (Å²) in [7, 11) is 1.75. The Labute approximate surface area is 153 Å². The summed E-state index contributed by atoms with van der Waals surface area (Å²) < 4.78 is 7.34. The molecular formula is C18H17N5O2S. The van der Waals surface area contributed by atoms with Crippen LogP contribution in [-0.2, 0) is 6.54 Å². The number of fused-ring (bicyclic) bond motifs is 1. The van der Waals surface area contributed by atoms with Crippen LogP contribution in [0.1, 0.15) is 34.1 Å². The first-order chi connectivity index (χ1) is 12.6. The van der Waals surface area contributed by atoms with Crippen molar-refractivity contribution >= 4 is 28.3 Å². The number of nitrogens with zero attached hydrogens (tertiary/aromatic N) is 5. The van der Waals surface area contributed by atoms with Crippen LogP contribution in [0.2, 0.25) is 0 Å². The lowest BCUT2D eigenvalue weighted by molar-refractivity contribution is 0.0734. The number of benzene rings is 1. The number of carbonyl (C=O) groups is 1.